The molecule has 0 radical (unpaired) electrons. The van der Waals surface area contributed by atoms with E-state index in [1.807, 2.05) is 0 Å². The summed E-state index contributed by atoms with van der Waals surface area (Å²) >= 11 is 0. The van der Waals surface area contributed by atoms with Gasteiger partial charge in [-0.3, -0.25) is 9.59 Å². The third kappa shape index (κ3) is 5.78. The first-order chi connectivity index (χ1) is 22.3. The summed E-state index contributed by atoms with van der Waals surface area (Å²) in [6, 6.07) is 2.10. The zero-order chi connectivity index (χ0) is 35.1. The number of methoxy groups -OCH3 is 1. The Kier molecular flexibility index (Phi) is 8.86. The summed E-state index contributed by atoms with van der Waals surface area (Å²) in [7, 11) is -3.76. The molecule has 48 heavy (non-hydrogen) atoms. The fourth-order valence-electron chi connectivity index (χ4n) is 7.90. The van der Waals surface area contributed by atoms with Crippen molar-refractivity contribution in [3.63, 3.8) is 0 Å². The van der Waals surface area contributed by atoms with Crippen molar-refractivity contribution in [2.45, 2.75) is 128 Å². The summed E-state index contributed by atoms with van der Waals surface area (Å²) < 4.78 is 45.2. The first-order valence-electron chi connectivity index (χ1n) is 17.2. The molecule has 2 saturated heterocycles. The van der Waals surface area contributed by atoms with E-state index in [1.54, 1.807) is 7.11 Å². The van der Waals surface area contributed by atoms with Crippen molar-refractivity contribution in [1.82, 2.24) is 0 Å². The SMILES string of the molecule is C=C(C(=O)C1OCCCO1)C(O[Si](C)(C)C)[C@H]1O[C@@H]1c1c(C)cc2c(OC)c3c(c4c2c1O[Si](C(C)(C)C)(C(C)(C)C)O4)C(=O)CCC3. The van der Waals surface area contributed by atoms with Gasteiger partial charge in [-0.25, -0.2) is 0 Å². The second kappa shape index (κ2) is 12.1. The lowest BCUT2D eigenvalue weighted by Gasteiger charge is -2.51. The van der Waals surface area contributed by atoms with Gasteiger partial charge in [-0.05, 0) is 57.5 Å². The highest BCUT2D eigenvalue weighted by atomic mass is 28.4. The van der Waals surface area contributed by atoms with E-state index in [9.17, 15) is 9.59 Å². The molecule has 11 heteroatoms. The fraction of sp³-hybridized carbons (Fsp3) is 0.622. The third-order valence-corrected chi connectivity index (χ3v) is 15.8. The number of aryl methyl sites for hydroxylation is 1. The number of carbonyl (C=O) groups is 2. The van der Waals surface area contributed by atoms with Crippen molar-refractivity contribution < 1.29 is 41.8 Å². The number of hydrogen-bond donors (Lipinski definition) is 0. The molecular formula is C37H52O9Si2. The van der Waals surface area contributed by atoms with E-state index >= 15 is 0 Å². The minimum atomic E-state index is -3.23. The Labute approximate surface area is 287 Å². The minimum Gasteiger partial charge on any atom is -0.510 e. The van der Waals surface area contributed by atoms with E-state index in [1.165, 1.54) is 0 Å². The minimum absolute atomic E-state index is 0.0678. The molecule has 1 aliphatic carbocycles. The summed E-state index contributed by atoms with van der Waals surface area (Å²) in [6.45, 7) is 26.4. The van der Waals surface area contributed by atoms with Gasteiger partial charge >= 0.3 is 8.56 Å². The highest BCUT2D eigenvalue weighted by molar-refractivity contribution is 6.75. The molecule has 3 heterocycles. The maximum Gasteiger partial charge on any atom is 0.471 e. The lowest BCUT2D eigenvalue weighted by Crippen LogP contribution is -2.63. The smallest absolute Gasteiger partial charge is 0.471 e. The second-order valence-corrected chi connectivity index (χ2v) is 25.8. The van der Waals surface area contributed by atoms with E-state index in [4.69, 9.17) is 32.2 Å². The van der Waals surface area contributed by atoms with Crippen molar-refractivity contribution in [2.75, 3.05) is 20.3 Å². The highest BCUT2D eigenvalue weighted by Gasteiger charge is 2.65. The second-order valence-electron chi connectivity index (χ2n) is 16.7. The number of rotatable bonds is 8. The molecule has 2 aromatic rings. The van der Waals surface area contributed by atoms with Gasteiger partial charge in [-0.2, -0.15) is 0 Å². The Morgan fingerprint density at radius 3 is 2.21 bits per heavy atom. The number of hydrogen-bond acceptors (Lipinski definition) is 9. The molecular weight excluding hydrogens is 645 g/mol. The predicted molar refractivity (Wildman–Crippen MR) is 189 cm³/mol. The Morgan fingerprint density at radius 2 is 1.62 bits per heavy atom. The van der Waals surface area contributed by atoms with Crippen molar-refractivity contribution in [3.05, 3.63) is 40.5 Å². The van der Waals surface area contributed by atoms with Crippen LogP contribution in [0.4, 0.5) is 0 Å². The van der Waals surface area contributed by atoms with Crippen LogP contribution in [-0.4, -0.2) is 67.3 Å². The number of epoxide rings is 1. The quantitative estimate of drug-likeness (QED) is 0.154. The summed E-state index contributed by atoms with van der Waals surface area (Å²) in [4.78, 5) is 27.4. The molecule has 2 aromatic carbocycles. The van der Waals surface area contributed by atoms with Gasteiger partial charge in [-0.15, -0.1) is 0 Å². The van der Waals surface area contributed by atoms with Crippen LogP contribution in [0, 0.1) is 6.92 Å². The van der Waals surface area contributed by atoms with Crippen LogP contribution in [0.3, 0.4) is 0 Å². The maximum absolute atomic E-state index is 13.8. The molecule has 0 saturated carbocycles. The Balaban J connectivity index is 1.55. The highest BCUT2D eigenvalue weighted by Crippen LogP contribution is 2.62. The number of ether oxygens (including phenoxy) is 4. The molecule has 6 rings (SSSR count). The van der Waals surface area contributed by atoms with Gasteiger partial charge in [0.05, 0.1) is 31.3 Å². The fourth-order valence-corrected chi connectivity index (χ4v) is 13.4. The summed E-state index contributed by atoms with van der Waals surface area (Å²) in [6.07, 6.45) is 0.0779. The molecule has 0 amide bonds. The van der Waals surface area contributed by atoms with Gasteiger partial charge in [0.15, 0.2) is 14.1 Å². The van der Waals surface area contributed by atoms with Crippen LogP contribution in [0.15, 0.2) is 18.2 Å². The van der Waals surface area contributed by atoms with Crippen LogP contribution >= 0.6 is 0 Å². The predicted octanol–water partition coefficient (Wildman–Crippen LogP) is 8.04. The van der Waals surface area contributed by atoms with E-state index in [-0.39, 0.29) is 27.2 Å². The van der Waals surface area contributed by atoms with E-state index < -0.39 is 41.5 Å². The lowest BCUT2D eigenvalue weighted by atomic mass is 9.84. The van der Waals surface area contributed by atoms with Gasteiger partial charge in [0, 0.05) is 38.6 Å². The number of ketones is 2. The maximum atomic E-state index is 13.8. The van der Waals surface area contributed by atoms with Gasteiger partial charge in [0.2, 0.25) is 12.1 Å². The number of carbonyl (C=O) groups excluding carboxylic acids is 2. The van der Waals surface area contributed by atoms with Crippen LogP contribution < -0.4 is 13.6 Å². The Morgan fingerprint density at radius 1 is 1.00 bits per heavy atom. The largest absolute Gasteiger partial charge is 0.510 e. The molecule has 0 bridgehead atoms. The third-order valence-electron chi connectivity index (χ3n) is 9.87. The molecule has 3 atom stereocenters. The molecule has 0 aromatic heterocycles. The van der Waals surface area contributed by atoms with Crippen LogP contribution in [0.5, 0.6) is 17.2 Å². The van der Waals surface area contributed by atoms with Crippen molar-refractivity contribution >= 4 is 39.2 Å². The van der Waals surface area contributed by atoms with Gasteiger partial charge in [-0.1, -0.05) is 48.1 Å². The van der Waals surface area contributed by atoms with Crippen LogP contribution in [-0.2, 0) is 29.9 Å². The van der Waals surface area contributed by atoms with Crippen LogP contribution in [0.25, 0.3) is 10.8 Å². The molecule has 0 spiro atoms. The van der Waals surface area contributed by atoms with Crippen LogP contribution in [0.1, 0.15) is 94.0 Å². The van der Waals surface area contributed by atoms with Crippen molar-refractivity contribution in [3.8, 4) is 17.2 Å². The average molecular weight is 697 g/mol. The van der Waals surface area contributed by atoms with Crippen molar-refractivity contribution in [1.29, 1.82) is 0 Å². The summed E-state index contributed by atoms with van der Waals surface area (Å²) in [5.74, 6) is 1.73. The van der Waals surface area contributed by atoms with Crippen LogP contribution in [0.2, 0.25) is 29.7 Å². The Bertz CT molecular complexity index is 1660. The summed E-state index contributed by atoms with van der Waals surface area (Å²) in [5, 5.41) is 0.846. The van der Waals surface area contributed by atoms with Gasteiger partial charge < -0.3 is 32.2 Å². The van der Waals surface area contributed by atoms with E-state index in [2.05, 4.69) is 80.8 Å². The standard InChI is InChI=1S/C37H52O9Si2/c1-20-19-23-27-31(25(20)33-34(43-33)29(44-47(10,11)12)21(2)28(39)35-41-17-14-18-42-35)45-48(36(3,4)5,37(6,7)8)46-32(27)26-22(30(23)40-9)15-13-16-24(26)38/h19,29,33-35H,2,13-18H2,1,3-12H3/t29?,33-,34-/m1/s1. The van der Waals surface area contributed by atoms with E-state index in [0.717, 1.165) is 46.7 Å². The number of fused-ring (bicyclic) bond motifs is 2. The Hall–Kier alpha value is -2.55. The lowest BCUT2D eigenvalue weighted by molar-refractivity contribution is -0.185. The zero-order valence-corrected chi connectivity index (χ0v) is 32.5. The molecule has 2 fully saturated rings. The topological polar surface area (TPSA) is 102 Å². The molecule has 9 nitrogen and oxygen atoms in total. The molecule has 0 N–H and O–H groups in total. The molecule has 1 unspecified atom stereocenters. The monoisotopic (exact) mass is 696 g/mol. The van der Waals surface area contributed by atoms with Gasteiger partial charge in [0.25, 0.3) is 0 Å². The summed E-state index contributed by atoms with van der Waals surface area (Å²) in [5.41, 5.74) is 3.65. The molecule has 4 aliphatic rings. The molecule has 3 aliphatic heterocycles. The zero-order valence-electron chi connectivity index (χ0n) is 30.5. The number of Topliss-reactive ketones (excluding diaryl/α,β-unsaturated/α-hetero) is 2. The average Bonchev–Trinajstić information content (AvgIpc) is 3.78. The van der Waals surface area contributed by atoms with Gasteiger partial charge in [0.1, 0.15) is 35.6 Å². The normalized spacial score (nSPS) is 23.2. The number of benzene rings is 2. The first kappa shape index (κ1) is 35.3. The van der Waals surface area contributed by atoms with E-state index in [0.29, 0.717) is 42.4 Å². The first-order valence-corrected chi connectivity index (χ1v) is 22.4. The van der Waals surface area contributed by atoms with Crippen molar-refractivity contribution in [2.24, 2.45) is 0 Å². The molecule has 262 valence electrons.